The second kappa shape index (κ2) is 6.60. The summed E-state index contributed by atoms with van der Waals surface area (Å²) in [7, 11) is 0. The lowest BCUT2D eigenvalue weighted by Crippen LogP contribution is -2.32. The monoisotopic (exact) mass is 233 g/mol. The average Bonchev–Trinajstić information content (AvgIpc) is 2.82. The van der Waals surface area contributed by atoms with Gasteiger partial charge in [0.1, 0.15) is 0 Å². The third-order valence-corrected chi connectivity index (χ3v) is 2.86. The molecule has 0 unspecified atom stereocenters. The first-order chi connectivity index (χ1) is 7.79. The van der Waals surface area contributed by atoms with Crippen LogP contribution in [-0.4, -0.2) is 23.9 Å². The summed E-state index contributed by atoms with van der Waals surface area (Å²) in [4.78, 5) is 14.1. The summed E-state index contributed by atoms with van der Waals surface area (Å²) < 4.78 is 0. The molecule has 0 N–H and O–H groups in total. The molecule has 0 saturated carbocycles. The Morgan fingerprint density at radius 3 is 2.38 bits per heavy atom. The van der Waals surface area contributed by atoms with Crippen molar-refractivity contribution in [3.63, 3.8) is 0 Å². The smallest absolute Gasteiger partial charge is 0.263 e. The molecule has 16 heavy (non-hydrogen) atoms. The van der Waals surface area contributed by atoms with Gasteiger partial charge in [-0.05, 0) is 11.4 Å². The highest BCUT2D eigenvalue weighted by Crippen LogP contribution is 2.12. The Balaban J connectivity index is 2.65. The molecule has 1 aromatic heterocycles. The molecule has 1 aromatic rings. The molecular formula is C11H11N3OS. The van der Waals surface area contributed by atoms with E-state index in [2.05, 4.69) is 0 Å². The average molecular weight is 233 g/mol. The number of carbonyl (C=O) groups is 1. The maximum absolute atomic E-state index is 11.9. The number of thiophene rings is 1. The van der Waals surface area contributed by atoms with E-state index in [0.717, 1.165) is 0 Å². The van der Waals surface area contributed by atoms with Crippen LogP contribution in [0.25, 0.3) is 0 Å². The van der Waals surface area contributed by atoms with Gasteiger partial charge in [0.15, 0.2) is 0 Å². The fourth-order valence-corrected chi connectivity index (χ4v) is 1.93. The van der Waals surface area contributed by atoms with Crippen molar-refractivity contribution in [2.45, 2.75) is 12.8 Å². The Hall–Kier alpha value is -1.85. The van der Waals surface area contributed by atoms with E-state index in [9.17, 15) is 4.79 Å². The largest absolute Gasteiger partial charge is 0.336 e. The zero-order valence-electron chi connectivity index (χ0n) is 8.72. The van der Waals surface area contributed by atoms with Gasteiger partial charge in [-0.1, -0.05) is 6.07 Å². The van der Waals surface area contributed by atoms with E-state index in [4.69, 9.17) is 10.5 Å². The number of hydrogen-bond donors (Lipinski definition) is 0. The van der Waals surface area contributed by atoms with Gasteiger partial charge in [-0.25, -0.2) is 0 Å². The van der Waals surface area contributed by atoms with Gasteiger partial charge in [0.25, 0.3) is 5.91 Å². The first-order valence-electron chi connectivity index (χ1n) is 4.86. The van der Waals surface area contributed by atoms with Gasteiger partial charge in [0.05, 0.1) is 29.9 Å². The van der Waals surface area contributed by atoms with Crippen molar-refractivity contribution >= 4 is 17.2 Å². The minimum atomic E-state index is -0.0968. The topological polar surface area (TPSA) is 67.9 Å². The fourth-order valence-electron chi connectivity index (χ4n) is 1.24. The van der Waals surface area contributed by atoms with Gasteiger partial charge >= 0.3 is 0 Å². The van der Waals surface area contributed by atoms with Crippen LogP contribution in [0.15, 0.2) is 17.5 Å². The van der Waals surface area contributed by atoms with Crippen molar-refractivity contribution < 1.29 is 4.79 Å². The minimum absolute atomic E-state index is 0.0968. The molecule has 0 bridgehead atoms. The molecule has 0 atom stereocenters. The quantitative estimate of drug-likeness (QED) is 0.781. The predicted octanol–water partition coefficient (Wildman–Crippen LogP) is 2.02. The Bertz CT molecular complexity index is 395. The molecule has 0 saturated heterocycles. The summed E-state index contributed by atoms with van der Waals surface area (Å²) >= 11 is 1.37. The normalized spacial score (nSPS) is 9.12. The lowest BCUT2D eigenvalue weighted by molar-refractivity contribution is 0.0767. The van der Waals surface area contributed by atoms with Crippen LogP contribution >= 0.6 is 11.3 Å². The highest BCUT2D eigenvalue weighted by atomic mass is 32.1. The maximum Gasteiger partial charge on any atom is 0.263 e. The summed E-state index contributed by atoms with van der Waals surface area (Å²) in [5, 5.41) is 18.8. The van der Waals surface area contributed by atoms with Crippen LogP contribution in [0.2, 0.25) is 0 Å². The Morgan fingerprint density at radius 1 is 1.31 bits per heavy atom. The highest BCUT2D eigenvalue weighted by molar-refractivity contribution is 7.12. The van der Waals surface area contributed by atoms with Crippen LogP contribution < -0.4 is 0 Å². The molecule has 0 aromatic carbocycles. The van der Waals surface area contributed by atoms with E-state index in [0.29, 0.717) is 30.8 Å². The van der Waals surface area contributed by atoms with Crippen LogP contribution in [0.5, 0.6) is 0 Å². The van der Waals surface area contributed by atoms with Crippen LogP contribution in [-0.2, 0) is 0 Å². The number of nitriles is 2. The Labute approximate surface area is 98.3 Å². The second-order valence-corrected chi connectivity index (χ2v) is 4.03. The summed E-state index contributed by atoms with van der Waals surface area (Å²) in [6, 6.07) is 7.56. The summed E-state index contributed by atoms with van der Waals surface area (Å²) in [5.41, 5.74) is 0. The molecule has 5 heteroatoms. The molecule has 0 fully saturated rings. The zero-order valence-corrected chi connectivity index (χ0v) is 9.54. The number of carbonyl (C=O) groups excluding carboxylic acids is 1. The van der Waals surface area contributed by atoms with Gasteiger partial charge < -0.3 is 4.90 Å². The lowest BCUT2D eigenvalue weighted by Gasteiger charge is -2.19. The molecule has 0 aliphatic rings. The van der Waals surface area contributed by atoms with Crippen molar-refractivity contribution in [2.24, 2.45) is 0 Å². The van der Waals surface area contributed by atoms with E-state index in [-0.39, 0.29) is 5.91 Å². The Morgan fingerprint density at radius 2 is 1.94 bits per heavy atom. The second-order valence-electron chi connectivity index (χ2n) is 3.09. The van der Waals surface area contributed by atoms with Crippen molar-refractivity contribution in [3.05, 3.63) is 22.4 Å². The van der Waals surface area contributed by atoms with Crippen molar-refractivity contribution in [1.29, 1.82) is 10.5 Å². The van der Waals surface area contributed by atoms with E-state index in [1.165, 1.54) is 11.3 Å². The summed E-state index contributed by atoms with van der Waals surface area (Å²) in [5.74, 6) is -0.0968. The molecule has 0 aliphatic heterocycles. The third kappa shape index (κ3) is 3.38. The number of hydrogen-bond acceptors (Lipinski definition) is 4. The fraction of sp³-hybridized carbons (Fsp3) is 0.364. The molecule has 0 radical (unpaired) electrons. The molecule has 82 valence electrons. The van der Waals surface area contributed by atoms with Crippen LogP contribution in [0, 0.1) is 22.7 Å². The van der Waals surface area contributed by atoms with Gasteiger partial charge in [-0.15, -0.1) is 11.3 Å². The standard InChI is InChI=1S/C11H11N3OS/c12-5-2-7-14(8-3-6-13)11(15)10-4-1-9-16-10/h1,4,9H,2-3,7-8H2. The van der Waals surface area contributed by atoms with Gasteiger partial charge in [-0.2, -0.15) is 10.5 Å². The molecule has 1 amide bonds. The highest BCUT2D eigenvalue weighted by Gasteiger charge is 2.15. The van der Waals surface area contributed by atoms with Crippen LogP contribution in [0.3, 0.4) is 0 Å². The first-order valence-corrected chi connectivity index (χ1v) is 5.74. The van der Waals surface area contributed by atoms with Crippen molar-refractivity contribution in [2.75, 3.05) is 13.1 Å². The first kappa shape index (κ1) is 12.2. The number of nitrogens with zero attached hydrogens (tertiary/aromatic N) is 3. The minimum Gasteiger partial charge on any atom is -0.336 e. The molecule has 1 rings (SSSR count). The number of rotatable bonds is 5. The van der Waals surface area contributed by atoms with Crippen LogP contribution in [0.4, 0.5) is 0 Å². The van der Waals surface area contributed by atoms with Gasteiger partial charge in [-0.3, -0.25) is 4.79 Å². The SMILES string of the molecule is N#CCCN(CCC#N)C(=O)c1cccs1. The van der Waals surface area contributed by atoms with Crippen LogP contribution in [0.1, 0.15) is 22.5 Å². The lowest BCUT2D eigenvalue weighted by atomic mass is 10.3. The van der Waals surface area contributed by atoms with E-state index in [1.54, 1.807) is 11.0 Å². The third-order valence-electron chi connectivity index (χ3n) is 2.01. The molecule has 4 nitrogen and oxygen atoms in total. The molecule has 0 spiro atoms. The Kier molecular flexibility index (Phi) is 5.04. The summed E-state index contributed by atoms with van der Waals surface area (Å²) in [6.07, 6.45) is 0.588. The van der Waals surface area contributed by atoms with Crippen molar-refractivity contribution in [1.82, 2.24) is 4.90 Å². The molecular weight excluding hydrogens is 222 g/mol. The zero-order chi connectivity index (χ0) is 11.8. The maximum atomic E-state index is 11.9. The van der Waals surface area contributed by atoms with Crippen molar-refractivity contribution in [3.8, 4) is 12.1 Å². The van der Waals surface area contributed by atoms with E-state index in [1.807, 2.05) is 23.6 Å². The number of amides is 1. The molecule has 1 heterocycles. The summed E-state index contributed by atoms with van der Waals surface area (Å²) in [6.45, 7) is 0.768. The van der Waals surface area contributed by atoms with E-state index >= 15 is 0 Å². The van der Waals surface area contributed by atoms with E-state index < -0.39 is 0 Å². The van der Waals surface area contributed by atoms with Gasteiger partial charge in [0, 0.05) is 13.1 Å². The predicted molar refractivity (Wildman–Crippen MR) is 60.7 cm³/mol. The molecule has 0 aliphatic carbocycles. The van der Waals surface area contributed by atoms with Gasteiger partial charge in [0.2, 0.25) is 0 Å².